The Hall–Kier alpha value is -8.75. The highest BCUT2D eigenvalue weighted by atomic mass is 32.1. The average molecular weight is 1360 g/mol. The van der Waals surface area contributed by atoms with E-state index >= 15 is 0 Å². The summed E-state index contributed by atoms with van der Waals surface area (Å²) in [6.07, 6.45) is 11.6. The smallest absolute Gasteiger partial charge is 0.264 e. The highest BCUT2D eigenvalue weighted by Crippen LogP contribution is 2.43. The molecule has 0 aliphatic heterocycles. The van der Waals surface area contributed by atoms with Crippen LogP contribution in [0.4, 0.5) is 5.69 Å². The number of aryl methyl sites for hydroxylation is 6. The lowest BCUT2D eigenvalue weighted by molar-refractivity contribution is -0.379. The van der Waals surface area contributed by atoms with Crippen molar-refractivity contribution >= 4 is 114 Å². The molecule has 18 heteroatoms. The summed E-state index contributed by atoms with van der Waals surface area (Å²) in [6.45, 7) is 10.8. The molecule has 9 aromatic rings. The number of Topliss-reactive ketones (excluding diaryl/α,β-unsaturated/α-hetero) is 4. The number of nitroso groups, excluding NO2 is 1. The summed E-state index contributed by atoms with van der Waals surface area (Å²) >= 11 is 15.6. The fourth-order valence-electron chi connectivity index (χ4n) is 12.0. The molecular weight excluding hydrogens is 1290 g/mol. The van der Waals surface area contributed by atoms with Gasteiger partial charge in [0.05, 0.1) is 33.3 Å². The SMILES string of the molecule is CC(=O)c1ccc(C(=O)CN=C(C)c2csc(-c3ccc4c(c3)CCC4)c2O)cc1[NH+]=O.CC(=O)c1ccc(CC(=S)CN=C(C)c2csc(-c3ccc4c(c3)CCC4)c2O)cc1.CC(=O)c1cccc(CC(=S)CN=C(C)c2csc(-c3ccc4c(c3)CCC4)c2O)c1.[OH-]. The van der Waals surface area contributed by atoms with Crippen LogP contribution in [0, 0.1) is 4.91 Å². The standard InChI is InChI=1S/2C26H25NO2S2.C25H22N2O4S.H2O/c1-16(27-14-23(30)12-18-5-3-7-20(11-18)17(2)28)24-15-31-26(25(24)29)22-10-9-19-6-4-8-21(19)13-22;1-16(27-14-23(30)12-18-6-8-19(9-7-18)17(2)28)24-15-31-26(25(24)29)22-11-10-20-4-3-5-21(20)13-22;1-14(26-12-23(29)18-8-9-20(15(2)28)22(11-18)27-31)21-13-32-25(24(21)30)19-7-6-16-4-3-5-17(16)10-19;/h3,5,7,9-11,13,15,29H,4,6,8,12,14H2,1-2H3;6-11,13,15,29H,3-5,12,14H2,1-2H3;6-11,13,30H,3-5,12H2,1-2H3;1H2. The molecule has 0 atom stereocenters. The summed E-state index contributed by atoms with van der Waals surface area (Å²) in [5, 5.41) is 40.0. The first-order valence-electron chi connectivity index (χ1n) is 31.3. The number of benzene rings is 6. The molecule has 5 N–H and O–H groups in total. The van der Waals surface area contributed by atoms with E-state index in [0.717, 1.165) is 113 Å². The number of hydrogen-bond acceptors (Lipinski definition) is 17. The number of thiocarbonyl (C=S) groups is 2. The van der Waals surface area contributed by atoms with E-state index < -0.39 is 0 Å². The molecule has 0 radical (unpaired) electrons. The summed E-state index contributed by atoms with van der Waals surface area (Å²) < 4.78 is 0. The van der Waals surface area contributed by atoms with Crippen LogP contribution in [0.15, 0.2) is 152 Å². The molecule has 0 amide bonds. The van der Waals surface area contributed by atoms with Crippen molar-refractivity contribution in [2.75, 3.05) is 19.6 Å². The minimum Gasteiger partial charge on any atom is -0.870 e. The molecule has 0 unspecified atom stereocenters. The maximum atomic E-state index is 12.6. The lowest BCUT2D eigenvalue weighted by atomic mass is 10.0. The maximum Gasteiger partial charge on any atom is 0.264 e. The summed E-state index contributed by atoms with van der Waals surface area (Å²) in [4.78, 5) is 76.1. The molecule has 0 fully saturated rings. The van der Waals surface area contributed by atoms with Gasteiger partial charge in [0.15, 0.2) is 23.1 Å². The number of nitrogens with one attached hydrogen (secondary N) is 1. The number of nitrogens with zero attached hydrogens (tertiary/aromatic N) is 3. The second-order valence-corrected chi connectivity index (χ2v) is 27.8. The van der Waals surface area contributed by atoms with Gasteiger partial charge in [-0.2, -0.15) is 0 Å². The third kappa shape index (κ3) is 17.2. The largest absolute Gasteiger partial charge is 0.870 e. The van der Waals surface area contributed by atoms with Crippen molar-refractivity contribution in [1.29, 1.82) is 0 Å². The van der Waals surface area contributed by atoms with Gasteiger partial charge in [0.1, 0.15) is 23.8 Å². The van der Waals surface area contributed by atoms with Gasteiger partial charge in [0, 0.05) is 105 Å². The van der Waals surface area contributed by atoms with Gasteiger partial charge in [0.25, 0.3) is 5.69 Å². The van der Waals surface area contributed by atoms with Crippen molar-refractivity contribution in [2.24, 2.45) is 15.0 Å². The van der Waals surface area contributed by atoms with Crippen LogP contribution in [0.2, 0.25) is 0 Å². The second kappa shape index (κ2) is 32.1. The topological polar surface area (TPSA) is 227 Å². The van der Waals surface area contributed by atoms with Gasteiger partial charge in [-0.3, -0.25) is 34.2 Å². The summed E-state index contributed by atoms with van der Waals surface area (Å²) in [5.41, 5.74) is 19.9. The third-order valence-electron chi connectivity index (χ3n) is 17.3. The minimum absolute atomic E-state index is 0. The van der Waals surface area contributed by atoms with E-state index in [9.17, 15) is 39.4 Å². The van der Waals surface area contributed by atoms with E-state index in [1.807, 2.05) is 84.6 Å². The van der Waals surface area contributed by atoms with E-state index in [1.165, 1.54) is 89.1 Å². The predicted molar refractivity (Wildman–Crippen MR) is 394 cm³/mol. The molecule has 486 valence electrons. The highest BCUT2D eigenvalue weighted by Gasteiger charge is 2.23. The molecule has 6 aromatic carbocycles. The second-order valence-electron chi connectivity index (χ2n) is 24.0. The van der Waals surface area contributed by atoms with Crippen molar-refractivity contribution in [2.45, 2.75) is 112 Å². The van der Waals surface area contributed by atoms with Gasteiger partial charge in [0.2, 0.25) is 0 Å². The van der Waals surface area contributed by atoms with Crippen LogP contribution in [-0.2, 0) is 51.4 Å². The zero-order valence-electron chi connectivity index (χ0n) is 53.9. The van der Waals surface area contributed by atoms with Gasteiger partial charge >= 0.3 is 0 Å². The summed E-state index contributed by atoms with van der Waals surface area (Å²) in [7, 11) is 0. The fourth-order valence-corrected chi connectivity index (χ4v) is 15.4. The van der Waals surface area contributed by atoms with Crippen LogP contribution in [0.3, 0.4) is 0 Å². The highest BCUT2D eigenvalue weighted by molar-refractivity contribution is 7.80. The molecule has 0 saturated carbocycles. The predicted octanol–water partition coefficient (Wildman–Crippen LogP) is 16.3. The maximum absolute atomic E-state index is 12.6. The molecule has 0 spiro atoms. The lowest BCUT2D eigenvalue weighted by Crippen LogP contribution is -2.56. The lowest BCUT2D eigenvalue weighted by Gasteiger charge is -2.06. The van der Waals surface area contributed by atoms with E-state index in [4.69, 9.17) is 24.4 Å². The van der Waals surface area contributed by atoms with Gasteiger partial charge in [-0.05, 0) is 191 Å². The molecule has 0 saturated heterocycles. The number of aliphatic imine (C=N–C) groups is 3. The van der Waals surface area contributed by atoms with Crippen LogP contribution in [0.1, 0.15) is 163 Å². The first-order chi connectivity index (χ1) is 45.2. The number of thiophene rings is 3. The number of hydrogen-bond donors (Lipinski definition) is 4. The average Bonchev–Trinajstić information content (AvgIpc) is 1.71. The number of fused-ring (bicyclic) bond motifs is 3. The first kappa shape index (κ1) is 70.6. The van der Waals surface area contributed by atoms with Crippen molar-refractivity contribution in [3.05, 3.63) is 226 Å². The summed E-state index contributed by atoms with van der Waals surface area (Å²) in [6, 6.07) is 38.8. The first-order valence-corrected chi connectivity index (χ1v) is 34.8. The van der Waals surface area contributed by atoms with Crippen LogP contribution in [-0.4, -0.2) is 90.4 Å². The Morgan fingerprint density at radius 1 is 0.432 bits per heavy atom. The fraction of sp³-hybridized carbons (Fsp3) is 0.260. The van der Waals surface area contributed by atoms with E-state index in [-0.39, 0.29) is 52.2 Å². The van der Waals surface area contributed by atoms with Crippen molar-refractivity contribution in [3.63, 3.8) is 0 Å². The number of carbonyl (C=O) groups excluding carboxylic acids is 4. The minimum atomic E-state index is -0.287. The van der Waals surface area contributed by atoms with E-state index in [2.05, 4.69) is 63.5 Å². The molecule has 0 bridgehead atoms. The number of ketones is 4. The zero-order chi connectivity index (χ0) is 66.7. The monoisotopic (exact) mass is 1360 g/mol. The molecule has 3 heterocycles. The van der Waals surface area contributed by atoms with Crippen LogP contribution in [0.25, 0.3) is 31.3 Å². The molecule has 12 rings (SSSR count). The number of rotatable bonds is 21. The van der Waals surface area contributed by atoms with Crippen LogP contribution >= 0.6 is 58.4 Å². The Morgan fingerprint density at radius 2 is 0.832 bits per heavy atom. The van der Waals surface area contributed by atoms with E-state index in [1.54, 1.807) is 48.6 Å². The Labute approximate surface area is 576 Å². The normalized spacial score (nSPS) is 13.1. The van der Waals surface area contributed by atoms with Gasteiger partial charge in [-0.25, -0.2) is 0 Å². The van der Waals surface area contributed by atoms with Gasteiger partial charge in [-0.15, -0.1) is 34.0 Å². The molecule has 3 aromatic heterocycles. The Balaban J connectivity index is 0.000000167. The van der Waals surface area contributed by atoms with Crippen molar-refractivity contribution in [1.82, 2.24) is 0 Å². The molecule has 3 aliphatic carbocycles. The van der Waals surface area contributed by atoms with Crippen LogP contribution in [0.5, 0.6) is 17.2 Å². The van der Waals surface area contributed by atoms with Crippen molar-refractivity contribution in [3.8, 4) is 48.6 Å². The Kier molecular flexibility index (Phi) is 23.9. The Bertz CT molecular complexity index is 4550. The Morgan fingerprint density at radius 3 is 1.24 bits per heavy atom. The van der Waals surface area contributed by atoms with Gasteiger partial charge in [-0.1, -0.05) is 109 Å². The van der Waals surface area contributed by atoms with Gasteiger partial charge < -0.3 is 20.8 Å². The third-order valence-corrected chi connectivity index (χ3v) is 20.9. The molecule has 95 heavy (non-hydrogen) atoms. The summed E-state index contributed by atoms with van der Waals surface area (Å²) in [5.74, 6) is 0.329. The number of aromatic hydroxyl groups is 3. The molecular formula is C77H74N4O9S5. The van der Waals surface area contributed by atoms with Crippen LogP contribution < -0.4 is 5.18 Å². The molecule has 3 aliphatic rings. The zero-order valence-corrected chi connectivity index (χ0v) is 58.0. The van der Waals surface area contributed by atoms with E-state index in [0.29, 0.717) is 65.4 Å². The number of carbonyl (C=O) groups is 4. The quantitative estimate of drug-likeness (QED) is 0.0300. The molecule has 13 nitrogen and oxygen atoms in total. The van der Waals surface area contributed by atoms with Crippen molar-refractivity contribution < 1.29 is 45.2 Å².